The summed E-state index contributed by atoms with van der Waals surface area (Å²) in [6.45, 7) is 3.28. The van der Waals surface area contributed by atoms with E-state index >= 15 is 0 Å². The van der Waals surface area contributed by atoms with Crippen molar-refractivity contribution in [1.29, 1.82) is 0 Å². The Morgan fingerprint density at radius 2 is 2.11 bits per heavy atom. The number of benzene rings is 1. The minimum Gasteiger partial charge on any atom is -0.398 e. The number of carbonyl (C=O) groups is 1. The first-order chi connectivity index (χ1) is 9.15. The number of carbonyl (C=O) groups excluding carboxylic acids is 1. The van der Waals surface area contributed by atoms with Crippen molar-refractivity contribution >= 4 is 23.2 Å². The number of nitrogens with two attached hydrogens (primary N) is 1. The first-order valence-electron chi connectivity index (χ1n) is 6.72. The number of nitrogens with zero attached hydrogens (tertiary/aromatic N) is 1. The summed E-state index contributed by atoms with van der Waals surface area (Å²) >= 11 is 6.09. The molecular weight excluding hydrogens is 262 g/mol. The Kier molecular flexibility index (Phi) is 3.37. The molecule has 3 N–H and O–H groups in total. The third kappa shape index (κ3) is 2.42. The van der Waals surface area contributed by atoms with Gasteiger partial charge in [0.25, 0.3) is 5.91 Å². The molecule has 4 nitrogen and oxygen atoms in total. The average Bonchev–Trinajstić information content (AvgIpc) is 2.43. The van der Waals surface area contributed by atoms with Gasteiger partial charge in [-0.2, -0.15) is 0 Å². The molecule has 0 aromatic heterocycles. The molecule has 0 radical (unpaired) electrons. The first kappa shape index (κ1) is 12.8. The van der Waals surface area contributed by atoms with Gasteiger partial charge in [0.15, 0.2) is 0 Å². The van der Waals surface area contributed by atoms with E-state index in [2.05, 4.69) is 10.2 Å². The number of fused-ring (bicyclic) bond motifs is 3. The fourth-order valence-corrected chi connectivity index (χ4v) is 3.31. The highest BCUT2D eigenvalue weighted by molar-refractivity contribution is 6.36. The summed E-state index contributed by atoms with van der Waals surface area (Å²) in [5.41, 5.74) is 6.65. The Bertz CT molecular complexity index is 497. The van der Waals surface area contributed by atoms with Gasteiger partial charge in [-0.1, -0.05) is 17.7 Å². The number of piperidine rings is 3. The quantitative estimate of drug-likeness (QED) is 0.811. The van der Waals surface area contributed by atoms with E-state index < -0.39 is 0 Å². The van der Waals surface area contributed by atoms with Gasteiger partial charge in [0.05, 0.1) is 16.3 Å². The van der Waals surface area contributed by atoms with Crippen LogP contribution < -0.4 is 11.1 Å². The summed E-state index contributed by atoms with van der Waals surface area (Å²) in [6, 6.07) is 5.42. The molecule has 3 saturated heterocycles. The Balaban J connectivity index is 1.73. The lowest BCUT2D eigenvalue weighted by Crippen LogP contribution is -2.57. The van der Waals surface area contributed by atoms with E-state index in [-0.39, 0.29) is 11.9 Å². The van der Waals surface area contributed by atoms with Gasteiger partial charge in [0, 0.05) is 12.6 Å². The molecule has 3 aliphatic heterocycles. The highest BCUT2D eigenvalue weighted by Gasteiger charge is 2.35. The van der Waals surface area contributed by atoms with Gasteiger partial charge in [0.1, 0.15) is 0 Å². The zero-order valence-electron chi connectivity index (χ0n) is 10.7. The van der Waals surface area contributed by atoms with Crippen LogP contribution in [0.5, 0.6) is 0 Å². The summed E-state index contributed by atoms with van der Waals surface area (Å²) in [4.78, 5) is 14.7. The number of anilines is 1. The molecule has 3 fully saturated rings. The van der Waals surface area contributed by atoms with E-state index in [1.54, 1.807) is 18.2 Å². The van der Waals surface area contributed by atoms with Crippen LogP contribution in [0.25, 0.3) is 0 Å². The van der Waals surface area contributed by atoms with Crippen molar-refractivity contribution in [2.45, 2.75) is 18.9 Å². The Hall–Kier alpha value is -1.26. The Morgan fingerprint density at radius 3 is 2.74 bits per heavy atom. The molecule has 2 bridgehead atoms. The summed E-state index contributed by atoms with van der Waals surface area (Å²) in [5.74, 6) is 0.491. The van der Waals surface area contributed by atoms with Gasteiger partial charge in [0.2, 0.25) is 0 Å². The van der Waals surface area contributed by atoms with Crippen molar-refractivity contribution in [3.05, 3.63) is 28.8 Å². The van der Waals surface area contributed by atoms with Crippen molar-refractivity contribution in [3.8, 4) is 0 Å². The van der Waals surface area contributed by atoms with Crippen molar-refractivity contribution in [1.82, 2.24) is 10.2 Å². The minimum atomic E-state index is -0.115. The lowest BCUT2D eigenvalue weighted by atomic mass is 9.84. The van der Waals surface area contributed by atoms with E-state index in [0.717, 1.165) is 19.6 Å². The maximum absolute atomic E-state index is 12.3. The number of hydrogen-bond acceptors (Lipinski definition) is 3. The highest BCUT2D eigenvalue weighted by Crippen LogP contribution is 2.28. The largest absolute Gasteiger partial charge is 0.398 e. The van der Waals surface area contributed by atoms with Crippen LogP contribution in [-0.4, -0.2) is 36.5 Å². The van der Waals surface area contributed by atoms with E-state index in [1.807, 2.05) is 0 Å². The minimum absolute atomic E-state index is 0.115. The average molecular weight is 280 g/mol. The molecule has 1 aromatic carbocycles. The Labute approximate surface area is 117 Å². The smallest absolute Gasteiger partial charge is 0.253 e. The molecule has 4 rings (SSSR count). The third-order valence-corrected chi connectivity index (χ3v) is 4.67. The monoisotopic (exact) mass is 279 g/mol. The third-order valence-electron chi connectivity index (χ3n) is 4.25. The van der Waals surface area contributed by atoms with Crippen LogP contribution in [0.1, 0.15) is 23.2 Å². The summed E-state index contributed by atoms with van der Waals surface area (Å²) in [6.07, 6.45) is 2.35. The fraction of sp³-hybridized carbons (Fsp3) is 0.500. The molecule has 0 aliphatic carbocycles. The lowest BCUT2D eigenvalue weighted by Gasteiger charge is -2.44. The van der Waals surface area contributed by atoms with E-state index in [1.165, 1.54) is 12.8 Å². The first-order valence-corrected chi connectivity index (χ1v) is 7.10. The van der Waals surface area contributed by atoms with Gasteiger partial charge in [-0.05, 0) is 44.0 Å². The van der Waals surface area contributed by atoms with Crippen molar-refractivity contribution in [3.63, 3.8) is 0 Å². The molecular formula is C14H18ClN3O. The van der Waals surface area contributed by atoms with Crippen LogP contribution in [0, 0.1) is 5.92 Å². The second kappa shape index (κ2) is 5.02. The number of hydrogen-bond donors (Lipinski definition) is 2. The van der Waals surface area contributed by atoms with E-state index in [9.17, 15) is 4.79 Å². The lowest BCUT2D eigenvalue weighted by molar-refractivity contribution is 0.0620. The van der Waals surface area contributed by atoms with Crippen molar-refractivity contribution < 1.29 is 4.79 Å². The van der Waals surface area contributed by atoms with Gasteiger partial charge < -0.3 is 16.0 Å². The molecule has 1 unspecified atom stereocenters. The maximum Gasteiger partial charge on any atom is 0.253 e. The zero-order chi connectivity index (χ0) is 13.4. The number of amides is 1. The maximum atomic E-state index is 12.3. The molecule has 1 aromatic rings. The number of rotatable bonds is 2. The standard InChI is InChI=1S/C14H18ClN3O/c15-13-10(2-1-3-11(13)16)14(19)17-12-8-18-6-4-9(12)5-7-18/h1-3,9,12H,4-8,16H2,(H,17,19). The van der Waals surface area contributed by atoms with Gasteiger partial charge in [-0.15, -0.1) is 0 Å². The number of nitrogen functional groups attached to an aromatic ring is 1. The molecule has 1 atom stereocenters. The van der Waals surface area contributed by atoms with Gasteiger partial charge >= 0.3 is 0 Å². The SMILES string of the molecule is Nc1cccc(C(=O)NC2CN3CCC2CC3)c1Cl. The van der Waals surface area contributed by atoms with Gasteiger partial charge in [-0.25, -0.2) is 0 Å². The molecule has 5 heteroatoms. The molecule has 0 spiro atoms. The van der Waals surface area contributed by atoms with Crippen LogP contribution in [0.15, 0.2) is 18.2 Å². The van der Waals surface area contributed by atoms with E-state index in [0.29, 0.717) is 22.2 Å². The highest BCUT2D eigenvalue weighted by atomic mass is 35.5. The second-order valence-electron chi connectivity index (χ2n) is 5.43. The number of nitrogens with one attached hydrogen (secondary N) is 1. The molecule has 19 heavy (non-hydrogen) atoms. The van der Waals surface area contributed by atoms with Gasteiger partial charge in [-0.3, -0.25) is 4.79 Å². The normalized spacial score (nSPS) is 29.2. The molecule has 0 saturated carbocycles. The predicted octanol–water partition coefficient (Wildman–Crippen LogP) is 1.75. The van der Waals surface area contributed by atoms with Crippen molar-refractivity contribution in [2.75, 3.05) is 25.4 Å². The summed E-state index contributed by atoms with van der Waals surface area (Å²) in [5, 5.41) is 3.46. The number of halogens is 1. The van der Waals surface area contributed by atoms with Crippen LogP contribution in [0.2, 0.25) is 5.02 Å². The second-order valence-corrected chi connectivity index (χ2v) is 5.80. The van der Waals surface area contributed by atoms with E-state index in [4.69, 9.17) is 17.3 Å². The zero-order valence-corrected chi connectivity index (χ0v) is 11.5. The summed E-state index contributed by atoms with van der Waals surface area (Å²) < 4.78 is 0. The van der Waals surface area contributed by atoms with Crippen LogP contribution in [-0.2, 0) is 0 Å². The fourth-order valence-electron chi connectivity index (χ4n) is 3.10. The van der Waals surface area contributed by atoms with Crippen molar-refractivity contribution in [2.24, 2.45) is 5.92 Å². The van der Waals surface area contributed by atoms with Crippen LogP contribution >= 0.6 is 11.6 Å². The molecule has 1 amide bonds. The predicted molar refractivity (Wildman–Crippen MR) is 76.3 cm³/mol. The van der Waals surface area contributed by atoms with Crippen LogP contribution in [0.4, 0.5) is 5.69 Å². The topological polar surface area (TPSA) is 58.4 Å². The molecule has 3 heterocycles. The molecule has 3 aliphatic rings. The summed E-state index contributed by atoms with van der Waals surface area (Å²) in [7, 11) is 0. The Morgan fingerprint density at radius 1 is 1.37 bits per heavy atom. The van der Waals surface area contributed by atoms with Crippen LogP contribution in [0.3, 0.4) is 0 Å². The molecule has 102 valence electrons.